The number of hydrogen-bond acceptors (Lipinski definition) is 6. The molecule has 7 nitrogen and oxygen atoms in total. The van der Waals surface area contributed by atoms with Crippen LogP contribution in [0.4, 0.5) is 8.78 Å². The van der Waals surface area contributed by atoms with Gasteiger partial charge in [-0.1, -0.05) is 5.16 Å². The van der Waals surface area contributed by atoms with E-state index in [0.29, 0.717) is 19.5 Å². The topological polar surface area (TPSA) is 93.5 Å². The molecule has 2 aromatic rings. The van der Waals surface area contributed by atoms with Crippen molar-refractivity contribution in [1.82, 2.24) is 15.8 Å². The zero-order valence-corrected chi connectivity index (χ0v) is 14.6. The summed E-state index contributed by atoms with van der Waals surface area (Å²) >= 11 is 0. The molecule has 0 bridgehead atoms. The number of benzene rings is 1. The summed E-state index contributed by atoms with van der Waals surface area (Å²) < 4.78 is 36.9. The summed E-state index contributed by atoms with van der Waals surface area (Å²) in [5.74, 6) is -2.98. The SMILES string of the molecule is CCOC(=O)[C@H]1CNCC[C@@H]1NC(=O)c1cc(-c2ccc(F)cc2F)on1. The first-order chi connectivity index (χ1) is 13.0. The maximum atomic E-state index is 13.8. The van der Waals surface area contributed by atoms with Gasteiger partial charge in [0.25, 0.3) is 5.91 Å². The van der Waals surface area contributed by atoms with Gasteiger partial charge in [0, 0.05) is 24.7 Å². The number of esters is 1. The molecule has 27 heavy (non-hydrogen) atoms. The number of halogens is 2. The van der Waals surface area contributed by atoms with Gasteiger partial charge in [-0.15, -0.1) is 0 Å². The van der Waals surface area contributed by atoms with Crippen LogP contribution in [-0.4, -0.2) is 42.8 Å². The molecule has 0 spiro atoms. The smallest absolute Gasteiger partial charge is 0.312 e. The molecular formula is C18H19F2N3O4. The molecule has 9 heteroatoms. The van der Waals surface area contributed by atoms with Gasteiger partial charge in [-0.05, 0) is 32.0 Å². The minimum atomic E-state index is -0.821. The lowest BCUT2D eigenvalue weighted by atomic mass is 9.93. The molecule has 1 saturated heterocycles. The number of carbonyl (C=O) groups is 2. The minimum absolute atomic E-state index is 0.00454. The van der Waals surface area contributed by atoms with Crippen LogP contribution in [0, 0.1) is 17.6 Å². The van der Waals surface area contributed by atoms with Gasteiger partial charge in [-0.25, -0.2) is 8.78 Å². The number of amides is 1. The van der Waals surface area contributed by atoms with Gasteiger partial charge in [0.15, 0.2) is 11.5 Å². The Morgan fingerprint density at radius 1 is 1.37 bits per heavy atom. The number of ether oxygens (including phenoxy) is 1. The molecule has 1 aromatic heterocycles. The first-order valence-electron chi connectivity index (χ1n) is 8.60. The first kappa shape index (κ1) is 19.0. The molecule has 1 aromatic carbocycles. The van der Waals surface area contributed by atoms with Crippen LogP contribution in [0.15, 0.2) is 28.8 Å². The van der Waals surface area contributed by atoms with E-state index >= 15 is 0 Å². The lowest BCUT2D eigenvalue weighted by Crippen LogP contribution is -2.52. The fraction of sp³-hybridized carbons (Fsp3) is 0.389. The fourth-order valence-electron chi connectivity index (χ4n) is 2.97. The van der Waals surface area contributed by atoms with E-state index in [0.717, 1.165) is 12.1 Å². The standard InChI is InChI=1S/C18H19F2N3O4/c1-2-26-18(25)12-9-21-6-5-14(12)22-17(24)15-8-16(27-23-15)11-4-3-10(19)7-13(11)20/h3-4,7-8,12,14,21H,2,5-6,9H2,1H3,(H,22,24)/t12-,14-/m0/s1. The highest BCUT2D eigenvalue weighted by Crippen LogP contribution is 2.24. The molecule has 2 N–H and O–H groups in total. The van der Waals surface area contributed by atoms with Gasteiger partial charge in [0.2, 0.25) is 0 Å². The van der Waals surface area contributed by atoms with Crippen LogP contribution in [0.1, 0.15) is 23.8 Å². The molecule has 3 rings (SSSR count). The van der Waals surface area contributed by atoms with Gasteiger partial charge >= 0.3 is 5.97 Å². The third-order valence-corrected chi connectivity index (χ3v) is 4.33. The maximum Gasteiger partial charge on any atom is 0.312 e. The number of hydrogen-bond donors (Lipinski definition) is 2. The van der Waals surface area contributed by atoms with Crippen molar-refractivity contribution in [2.45, 2.75) is 19.4 Å². The second-order valence-electron chi connectivity index (χ2n) is 6.13. The second kappa shape index (κ2) is 8.26. The van der Waals surface area contributed by atoms with E-state index in [-0.39, 0.29) is 29.6 Å². The summed E-state index contributed by atoms with van der Waals surface area (Å²) in [7, 11) is 0. The molecule has 1 aliphatic heterocycles. The summed E-state index contributed by atoms with van der Waals surface area (Å²) in [5.41, 5.74) is -0.0657. The Morgan fingerprint density at radius 2 is 2.19 bits per heavy atom. The molecule has 0 radical (unpaired) electrons. The number of carbonyl (C=O) groups excluding carboxylic acids is 2. The van der Waals surface area contributed by atoms with Crippen molar-refractivity contribution in [3.63, 3.8) is 0 Å². The van der Waals surface area contributed by atoms with E-state index in [1.165, 1.54) is 12.1 Å². The van der Waals surface area contributed by atoms with Crippen LogP contribution < -0.4 is 10.6 Å². The average Bonchev–Trinajstić information content (AvgIpc) is 3.12. The monoisotopic (exact) mass is 379 g/mol. The minimum Gasteiger partial charge on any atom is -0.466 e. The normalized spacial score (nSPS) is 19.5. The maximum absolute atomic E-state index is 13.8. The average molecular weight is 379 g/mol. The van der Waals surface area contributed by atoms with Crippen LogP contribution in [0.2, 0.25) is 0 Å². The summed E-state index contributed by atoms with van der Waals surface area (Å²) in [6.45, 7) is 3.01. The van der Waals surface area contributed by atoms with E-state index in [1.54, 1.807) is 6.92 Å². The van der Waals surface area contributed by atoms with Crippen LogP contribution in [0.25, 0.3) is 11.3 Å². The number of piperidine rings is 1. The zero-order chi connectivity index (χ0) is 19.4. The van der Waals surface area contributed by atoms with E-state index in [4.69, 9.17) is 9.26 Å². The zero-order valence-electron chi connectivity index (χ0n) is 14.6. The highest BCUT2D eigenvalue weighted by atomic mass is 19.1. The van der Waals surface area contributed by atoms with Crippen molar-refractivity contribution in [2.75, 3.05) is 19.7 Å². The predicted molar refractivity (Wildman–Crippen MR) is 90.7 cm³/mol. The molecule has 144 valence electrons. The van der Waals surface area contributed by atoms with Gasteiger partial charge in [-0.2, -0.15) is 0 Å². The molecule has 2 atom stereocenters. The van der Waals surface area contributed by atoms with Gasteiger partial charge < -0.3 is 19.9 Å². The third-order valence-electron chi connectivity index (χ3n) is 4.33. The third kappa shape index (κ3) is 4.30. The van der Waals surface area contributed by atoms with Crippen molar-refractivity contribution >= 4 is 11.9 Å². The molecule has 2 heterocycles. The lowest BCUT2D eigenvalue weighted by molar-refractivity contribution is -0.149. The van der Waals surface area contributed by atoms with Gasteiger partial charge in [-0.3, -0.25) is 9.59 Å². The Balaban J connectivity index is 1.72. The van der Waals surface area contributed by atoms with Gasteiger partial charge in [0.1, 0.15) is 11.6 Å². The fourth-order valence-corrected chi connectivity index (χ4v) is 2.97. The highest BCUT2D eigenvalue weighted by molar-refractivity contribution is 5.93. The first-order valence-corrected chi connectivity index (χ1v) is 8.60. The highest BCUT2D eigenvalue weighted by Gasteiger charge is 2.33. The van der Waals surface area contributed by atoms with E-state index in [1.807, 2.05) is 0 Å². The summed E-state index contributed by atoms with van der Waals surface area (Å²) in [6, 6.07) is 3.86. The Morgan fingerprint density at radius 3 is 2.93 bits per heavy atom. The van der Waals surface area contributed by atoms with E-state index in [2.05, 4.69) is 15.8 Å². The van der Waals surface area contributed by atoms with Crippen LogP contribution in [0.3, 0.4) is 0 Å². The molecule has 0 saturated carbocycles. The summed E-state index contributed by atoms with van der Waals surface area (Å²) in [4.78, 5) is 24.5. The van der Waals surface area contributed by atoms with E-state index in [9.17, 15) is 18.4 Å². The summed E-state index contributed by atoms with van der Waals surface area (Å²) in [5, 5.41) is 9.50. The van der Waals surface area contributed by atoms with Crippen molar-refractivity contribution in [3.05, 3.63) is 41.6 Å². The Labute approximate surface area is 154 Å². The molecule has 1 aliphatic rings. The number of nitrogens with one attached hydrogen (secondary N) is 2. The number of rotatable bonds is 5. The van der Waals surface area contributed by atoms with Crippen molar-refractivity contribution in [3.8, 4) is 11.3 Å². The summed E-state index contributed by atoms with van der Waals surface area (Å²) in [6.07, 6.45) is 0.548. The molecule has 0 aliphatic carbocycles. The second-order valence-corrected chi connectivity index (χ2v) is 6.13. The van der Waals surface area contributed by atoms with E-state index < -0.39 is 29.5 Å². The Kier molecular flexibility index (Phi) is 5.80. The van der Waals surface area contributed by atoms with Crippen LogP contribution >= 0.6 is 0 Å². The molecular weight excluding hydrogens is 360 g/mol. The Hall–Kier alpha value is -2.81. The predicted octanol–water partition coefficient (Wildman–Crippen LogP) is 1.89. The quantitative estimate of drug-likeness (QED) is 0.771. The Bertz CT molecular complexity index is 840. The van der Waals surface area contributed by atoms with Crippen molar-refractivity contribution < 1.29 is 27.6 Å². The van der Waals surface area contributed by atoms with Crippen LogP contribution in [0.5, 0.6) is 0 Å². The van der Waals surface area contributed by atoms with Crippen molar-refractivity contribution in [1.29, 1.82) is 0 Å². The van der Waals surface area contributed by atoms with Crippen molar-refractivity contribution in [2.24, 2.45) is 5.92 Å². The molecule has 1 amide bonds. The van der Waals surface area contributed by atoms with Crippen LogP contribution in [-0.2, 0) is 9.53 Å². The number of aromatic nitrogens is 1. The lowest BCUT2D eigenvalue weighted by Gasteiger charge is -2.30. The largest absolute Gasteiger partial charge is 0.466 e. The number of nitrogens with zero attached hydrogens (tertiary/aromatic N) is 1. The molecule has 1 fully saturated rings. The molecule has 0 unspecified atom stereocenters. The van der Waals surface area contributed by atoms with Gasteiger partial charge in [0.05, 0.1) is 18.1 Å².